The summed E-state index contributed by atoms with van der Waals surface area (Å²) in [6, 6.07) is 6.30. The molecule has 220 valence electrons. The molecule has 6 rings (SSSR count). The smallest absolute Gasteiger partial charge is 0.238 e. The number of likely N-dealkylation sites (N-methyl/N-ethyl adjacent to an activating group) is 1. The first-order valence-corrected chi connectivity index (χ1v) is 15.8. The van der Waals surface area contributed by atoms with E-state index >= 15 is 4.39 Å². The molecule has 0 bridgehead atoms. The summed E-state index contributed by atoms with van der Waals surface area (Å²) in [7, 11) is 1.95. The van der Waals surface area contributed by atoms with Gasteiger partial charge in [-0.15, -0.1) is 0 Å². The topological polar surface area (TPSA) is 74.3 Å². The molecule has 2 amide bonds. The molecule has 0 unspecified atom stereocenters. The summed E-state index contributed by atoms with van der Waals surface area (Å²) in [6.07, 6.45) is 9.79. The van der Waals surface area contributed by atoms with Crippen molar-refractivity contribution < 1.29 is 14.0 Å². The van der Waals surface area contributed by atoms with Crippen molar-refractivity contribution in [3.63, 3.8) is 0 Å². The summed E-state index contributed by atoms with van der Waals surface area (Å²) in [5, 5.41) is 6.70. The highest BCUT2D eigenvalue weighted by Crippen LogP contribution is 2.66. The molecule has 3 fully saturated rings. The van der Waals surface area contributed by atoms with Gasteiger partial charge in [-0.25, -0.2) is 9.37 Å². The molecule has 2 aromatic rings. The predicted molar refractivity (Wildman–Crippen MR) is 160 cm³/mol. The molecule has 1 saturated heterocycles. The molecule has 2 N–H and O–H groups in total. The van der Waals surface area contributed by atoms with Crippen LogP contribution in [0.15, 0.2) is 30.5 Å². The molecule has 2 aliphatic carbocycles. The Kier molecular flexibility index (Phi) is 7.61. The van der Waals surface area contributed by atoms with Gasteiger partial charge in [0.2, 0.25) is 11.8 Å². The maximum atomic E-state index is 16.1. The van der Waals surface area contributed by atoms with Gasteiger partial charge < -0.3 is 10.6 Å². The second-order valence-corrected chi connectivity index (χ2v) is 13.7. The number of benzene rings is 1. The number of nitrogens with zero attached hydrogens (tertiary/aromatic N) is 2. The molecule has 41 heavy (non-hydrogen) atoms. The minimum absolute atomic E-state index is 0.0554. The fourth-order valence-electron chi connectivity index (χ4n) is 8.88. The van der Waals surface area contributed by atoms with Crippen LogP contribution in [-0.2, 0) is 15.0 Å². The summed E-state index contributed by atoms with van der Waals surface area (Å²) in [5.41, 5.74) is -0.269. The Balaban J connectivity index is 1.51. The monoisotopic (exact) mass is 600 g/mol. The molecule has 3 atom stereocenters. The van der Waals surface area contributed by atoms with E-state index in [1.807, 2.05) is 13.1 Å². The van der Waals surface area contributed by atoms with Gasteiger partial charge in [0.05, 0.1) is 6.04 Å². The Morgan fingerprint density at radius 1 is 1.12 bits per heavy atom. The normalized spacial score (nSPS) is 31.0. The van der Waals surface area contributed by atoms with Crippen LogP contribution in [0, 0.1) is 17.7 Å². The molecule has 0 radical (unpaired) electrons. The number of rotatable bonds is 4. The number of amides is 2. The standard InChI is InChI=1S/C32H39Cl2FN4O2/c1-18(2)19-7-10-21(11-8-19)37-29(40)27-25(22-13-16-36-28(34)26(22)35)32(31(39(27)3)14-5-4-6-15-31)23-12-9-20(33)17-24(23)38-30(32)41/h9,12-13,16-19,21,25,27H,4-8,10-11,14-15H2,1-3H3,(H,37,40)(H,38,41)/t19?,21?,25-,27+,32+/m0/s1. The molecule has 1 aromatic carbocycles. The highest BCUT2D eigenvalue weighted by molar-refractivity contribution is 6.31. The number of halogens is 3. The number of carbonyl (C=O) groups excluding carboxylic acids is 2. The van der Waals surface area contributed by atoms with Crippen LogP contribution in [0.2, 0.25) is 10.2 Å². The average Bonchev–Trinajstić information content (AvgIpc) is 3.35. The fourth-order valence-corrected chi connectivity index (χ4v) is 9.21. The second kappa shape index (κ2) is 10.8. The Bertz CT molecular complexity index is 1360. The Morgan fingerprint density at radius 2 is 1.83 bits per heavy atom. The zero-order valence-electron chi connectivity index (χ0n) is 24.0. The van der Waals surface area contributed by atoms with Gasteiger partial charge >= 0.3 is 0 Å². The summed E-state index contributed by atoms with van der Waals surface area (Å²) in [6.45, 7) is 4.52. The Hall–Kier alpha value is -2.22. The van der Waals surface area contributed by atoms with Crippen LogP contribution in [0.4, 0.5) is 10.1 Å². The van der Waals surface area contributed by atoms with Gasteiger partial charge in [0.15, 0.2) is 11.0 Å². The first-order valence-electron chi connectivity index (χ1n) is 15.1. The van der Waals surface area contributed by atoms with Crippen LogP contribution in [0.5, 0.6) is 0 Å². The minimum atomic E-state index is -1.22. The fraction of sp³-hybridized carbons (Fsp3) is 0.594. The number of pyridine rings is 1. The molecule has 4 aliphatic rings. The lowest BCUT2D eigenvalue weighted by atomic mass is 9.55. The lowest BCUT2D eigenvalue weighted by Gasteiger charge is -2.49. The van der Waals surface area contributed by atoms with Crippen molar-refractivity contribution in [1.29, 1.82) is 0 Å². The number of fused-ring (bicyclic) bond motifs is 3. The average molecular weight is 602 g/mol. The molecule has 1 aromatic heterocycles. The maximum Gasteiger partial charge on any atom is 0.238 e. The Morgan fingerprint density at radius 3 is 2.51 bits per heavy atom. The number of hydrogen-bond donors (Lipinski definition) is 2. The highest BCUT2D eigenvalue weighted by atomic mass is 35.5. The number of aromatic nitrogens is 1. The zero-order chi connectivity index (χ0) is 29.1. The van der Waals surface area contributed by atoms with E-state index in [-0.39, 0.29) is 28.6 Å². The van der Waals surface area contributed by atoms with Crippen molar-refractivity contribution in [3.05, 3.63) is 57.6 Å². The third-order valence-corrected chi connectivity index (χ3v) is 11.3. The van der Waals surface area contributed by atoms with Crippen molar-refractivity contribution >= 4 is 40.7 Å². The SMILES string of the molecule is CC(C)C1CCC(NC(=O)[C@H]2[C@H](c3ccnc(Cl)c3F)[C@]3(C(=O)Nc4cc(Cl)ccc43)C3(CCCCC3)N2C)CC1. The molecule has 3 heterocycles. The van der Waals surface area contributed by atoms with Crippen molar-refractivity contribution in [1.82, 2.24) is 15.2 Å². The second-order valence-electron chi connectivity index (χ2n) is 12.9. The minimum Gasteiger partial charge on any atom is -0.352 e. The van der Waals surface area contributed by atoms with E-state index in [4.69, 9.17) is 23.2 Å². The number of likely N-dealkylation sites (tertiary alicyclic amines) is 1. The van der Waals surface area contributed by atoms with E-state index in [2.05, 4.69) is 34.4 Å². The van der Waals surface area contributed by atoms with E-state index in [1.165, 1.54) is 6.20 Å². The van der Waals surface area contributed by atoms with Crippen LogP contribution in [0.3, 0.4) is 0 Å². The number of anilines is 1. The van der Waals surface area contributed by atoms with Crippen LogP contribution in [0.1, 0.15) is 88.7 Å². The summed E-state index contributed by atoms with van der Waals surface area (Å²) in [4.78, 5) is 35.1. The molecule has 2 saturated carbocycles. The first kappa shape index (κ1) is 28.9. The largest absolute Gasteiger partial charge is 0.352 e. The predicted octanol–water partition coefficient (Wildman–Crippen LogP) is 6.85. The van der Waals surface area contributed by atoms with Crippen molar-refractivity contribution in [2.75, 3.05) is 12.4 Å². The van der Waals surface area contributed by atoms with E-state index in [0.717, 1.165) is 63.4 Å². The number of nitrogens with one attached hydrogen (secondary N) is 2. The van der Waals surface area contributed by atoms with Crippen LogP contribution in [-0.4, -0.2) is 46.4 Å². The van der Waals surface area contributed by atoms with Crippen molar-refractivity contribution in [2.24, 2.45) is 11.8 Å². The molecular weight excluding hydrogens is 562 g/mol. The maximum absolute atomic E-state index is 16.1. The van der Waals surface area contributed by atoms with Gasteiger partial charge in [-0.1, -0.05) is 62.4 Å². The summed E-state index contributed by atoms with van der Waals surface area (Å²) in [5.74, 6) is -0.580. The van der Waals surface area contributed by atoms with Gasteiger partial charge in [0.25, 0.3) is 0 Å². The number of hydrogen-bond acceptors (Lipinski definition) is 4. The van der Waals surface area contributed by atoms with Crippen molar-refractivity contribution in [3.8, 4) is 0 Å². The van der Waals surface area contributed by atoms with Crippen LogP contribution >= 0.6 is 23.2 Å². The molecule has 9 heteroatoms. The van der Waals surface area contributed by atoms with Gasteiger partial charge in [-0.3, -0.25) is 14.5 Å². The summed E-state index contributed by atoms with van der Waals surface area (Å²) >= 11 is 12.6. The lowest BCUT2D eigenvalue weighted by Crippen LogP contribution is -2.60. The highest BCUT2D eigenvalue weighted by Gasteiger charge is 2.74. The van der Waals surface area contributed by atoms with E-state index in [0.29, 0.717) is 22.5 Å². The third-order valence-electron chi connectivity index (χ3n) is 10.8. The van der Waals surface area contributed by atoms with Gasteiger partial charge in [0.1, 0.15) is 5.41 Å². The van der Waals surface area contributed by atoms with Gasteiger partial charge in [0, 0.05) is 34.4 Å². The first-order chi connectivity index (χ1) is 19.6. The lowest BCUT2D eigenvalue weighted by molar-refractivity contribution is -0.128. The molecule has 2 aliphatic heterocycles. The Labute approximate surface area is 251 Å². The van der Waals surface area contributed by atoms with E-state index in [9.17, 15) is 9.59 Å². The van der Waals surface area contributed by atoms with Crippen LogP contribution < -0.4 is 10.6 Å². The molecule has 6 nitrogen and oxygen atoms in total. The van der Waals surface area contributed by atoms with Crippen LogP contribution in [0.25, 0.3) is 0 Å². The zero-order valence-corrected chi connectivity index (χ0v) is 25.5. The van der Waals surface area contributed by atoms with E-state index < -0.39 is 28.7 Å². The van der Waals surface area contributed by atoms with Crippen molar-refractivity contribution in [2.45, 2.75) is 101 Å². The summed E-state index contributed by atoms with van der Waals surface area (Å²) < 4.78 is 16.1. The molecular formula is C32H39Cl2FN4O2. The van der Waals surface area contributed by atoms with E-state index in [1.54, 1.807) is 18.2 Å². The number of carbonyl (C=O) groups is 2. The quantitative estimate of drug-likeness (QED) is 0.376. The third kappa shape index (κ3) is 4.32. The van der Waals surface area contributed by atoms with Gasteiger partial charge in [-0.2, -0.15) is 0 Å². The molecule has 2 spiro atoms. The van der Waals surface area contributed by atoms with Gasteiger partial charge in [-0.05, 0) is 86.7 Å².